The van der Waals surface area contributed by atoms with Gasteiger partial charge in [0.1, 0.15) is 0 Å². The van der Waals surface area contributed by atoms with Crippen molar-refractivity contribution in [2.24, 2.45) is 0 Å². The Hall–Kier alpha value is 0.264. The molecular formula is C9H21O4V-. The summed E-state index contributed by atoms with van der Waals surface area (Å²) >= 11 is -4.05. The topological polar surface area (TPSA) is 44.8 Å². The molecule has 0 aliphatic heterocycles. The summed E-state index contributed by atoms with van der Waals surface area (Å²) in [5.41, 5.74) is 0. The van der Waals surface area contributed by atoms with Crippen LogP contribution in [0.4, 0.5) is 0 Å². The quantitative estimate of drug-likeness (QED) is 0.720. The van der Waals surface area contributed by atoms with E-state index in [9.17, 15) is 3.67 Å². The van der Waals surface area contributed by atoms with Gasteiger partial charge in [-0.05, 0) is 0 Å². The molecule has 0 radical (unpaired) electrons. The van der Waals surface area contributed by atoms with Gasteiger partial charge in [0.05, 0.1) is 0 Å². The number of hydrogen-bond acceptors (Lipinski definition) is 4. The zero-order chi connectivity index (χ0) is 11.4. The SMILES string of the molecule is CC(C)[O][V-](=[O])([O]C(C)C)[O]C(C)C. The summed E-state index contributed by atoms with van der Waals surface area (Å²) in [6.45, 7) is 10.8. The summed E-state index contributed by atoms with van der Waals surface area (Å²) in [6, 6.07) is 0. The van der Waals surface area contributed by atoms with Crippen LogP contribution < -0.4 is 0 Å². The Labute approximate surface area is 89.9 Å². The van der Waals surface area contributed by atoms with Crippen LogP contribution in [0.3, 0.4) is 0 Å². The van der Waals surface area contributed by atoms with Gasteiger partial charge in [-0.1, -0.05) is 0 Å². The monoisotopic (exact) mass is 244 g/mol. The minimum atomic E-state index is -4.05. The number of rotatable bonds is 6. The van der Waals surface area contributed by atoms with Gasteiger partial charge in [-0.2, -0.15) is 0 Å². The van der Waals surface area contributed by atoms with E-state index >= 15 is 0 Å². The molecule has 0 aliphatic rings. The van der Waals surface area contributed by atoms with Crippen molar-refractivity contribution in [2.45, 2.75) is 59.9 Å². The standard InChI is InChI=1S/3C3H7O.O.V/c3*1-3(2)4;;/h3*3H,1-2H3;;/q3*-1;;+2. The third-order valence-corrected chi connectivity index (χ3v) is 4.20. The van der Waals surface area contributed by atoms with Crippen LogP contribution in [0.5, 0.6) is 0 Å². The normalized spacial score (nSPS) is 13.2. The first-order chi connectivity index (χ1) is 6.25. The van der Waals surface area contributed by atoms with E-state index in [1.807, 2.05) is 0 Å². The van der Waals surface area contributed by atoms with E-state index in [0.717, 1.165) is 0 Å². The van der Waals surface area contributed by atoms with Gasteiger partial charge < -0.3 is 0 Å². The van der Waals surface area contributed by atoms with E-state index < -0.39 is 15.0 Å². The second-order valence-electron chi connectivity index (χ2n) is 3.91. The van der Waals surface area contributed by atoms with Gasteiger partial charge in [0, 0.05) is 0 Å². The molecule has 0 atom stereocenters. The van der Waals surface area contributed by atoms with Gasteiger partial charge in [-0.3, -0.25) is 0 Å². The van der Waals surface area contributed by atoms with E-state index in [-0.39, 0.29) is 18.3 Å². The molecule has 0 heterocycles. The Morgan fingerprint density at radius 3 is 1.07 bits per heavy atom. The van der Waals surface area contributed by atoms with Gasteiger partial charge >= 0.3 is 89.5 Å². The van der Waals surface area contributed by atoms with Crippen molar-refractivity contribution >= 4 is 0 Å². The van der Waals surface area contributed by atoms with E-state index in [1.54, 1.807) is 41.5 Å². The Morgan fingerprint density at radius 1 is 0.714 bits per heavy atom. The van der Waals surface area contributed by atoms with Crippen molar-refractivity contribution in [3.8, 4) is 0 Å². The summed E-state index contributed by atoms with van der Waals surface area (Å²) in [6.07, 6.45) is -0.465. The average Bonchev–Trinajstić information content (AvgIpc) is 1.76. The Morgan fingerprint density at radius 2 is 0.929 bits per heavy atom. The molecule has 0 amide bonds. The first-order valence-electron chi connectivity index (χ1n) is 4.90. The predicted molar refractivity (Wildman–Crippen MR) is 49.3 cm³/mol. The fourth-order valence-electron chi connectivity index (χ4n) is 0.849. The van der Waals surface area contributed by atoms with Crippen molar-refractivity contribution in [3.63, 3.8) is 0 Å². The molecule has 0 aromatic heterocycles. The summed E-state index contributed by atoms with van der Waals surface area (Å²) in [4.78, 5) is 0. The van der Waals surface area contributed by atoms with E-state index in [0.29, 0.717) is 0 Å². The molecule has 0 fully saturated rings. The molecule has 4 nitrogen and oxygen atoms in total. The van der Waals surface area contributed by atoms with Crippen LogP contribution in [-0.2, 0) is 29.7 Å². The molecule has 14 heavy (non-hydrogen) atoms. The first kappa shape index (κ1) is 14.3. The predicted octanol–water partition coefficient (Wildman–Crippen LogP) is 2.51. The van der Waals surface area contributed by atoms with Gasteiger partial charge in [0.25, 0.3) is 0 Å². The molecule has 0 saturated carbocycles. The third-order valence-electron chi connectivity index (χ3n) is 1.02. The van der Waals surface area contributed by atoms with Crippen LogP contribution in [0.1, 0.15) is 41.5 Å². The van der Waals surface area contributed by atoms with Crippen molar-refractivity contribution in [1.29, 1.82) is 0 Å². The van der Waals surface area contributed by atoms with Gasteiger partial charge in [0.15, 0.2) is 0 Å². The van der Waals surface area contributed by atoms with Crippen molar-refractivity contribution < 1.29 is 29.7 Å². The molecule has 0 bridgehead atoms. The summed E-state index contributed by atoms with van der Waals surface area (Å²) in [5.74, 6) is 0. The average molecular weight is 244 g/mol. The summed E-state index contributed by atoms with van der Waals surface area (Å²) in [5, 5.41) is 0. The van der Waals surface area contributed by atoms with Crippen LogP contribution in [0, 0.1) is 0 Å². The fourth-order valence-corrected chi connectivity index (χ4v) is 3.50. The molecule has 5 heteroatoms. The zero-order valence-electron chi connectivity index (χ0n) is 9.81. The minimum absolute atomic E-state index is 0.155. The molecule has 0 aromatic rings. The summed E-state index contributed by atoms with van der Waals surface area (Å²) < 4.78 is 27.7. The van der Waals surface area contributed by atoms with E-state index in [2.05, 4.69) is 0 Å². The Balaban J connectivity index is 4.41. The second kappa shape index (κ2) is 5.98. The van der Waals surface area contributed by atoms with Crippen LogP contribution in [0.2, 0.25) is 0 Å². The summed E-state index contributed by atoms with van der Waals surface area (Å²) in [7, 11) is 0. The molecule has 0 N–H and O–H groups in total. The van der Waals surface area contributed by atoms with Gasteiger partial charge in [-0.25, -0.2) is 0 Å². The van der Waals surface area contributed by atoms with Gasteiger partial charge in [-0.15, -0.1) is 0 Å². The van der Waals surface area contributed by atoms with Crippen molar-refractivity contribution in [3.05, 3.63) is 0 Å². The Bertz CT molecular complexity index is 168. The molecule has 0 unspecified atom stereocenters. The molecule has 0 aliphatic carbocycles. The number of hydrogen-bond donors (Lipinski definition) is 0. The van der Waals surface area contributed by atoms with Gasteiger partial charge in [0.2, 0.25) is 0 Å². The van der Waals surface area contributed by atoms with Crippen molar-refractivity contribution in [2.75, 3.05) is 0 Å². The molecule has 0 rings (SSSR count). The second-order valence-corrected chi connectivity index (χ2v) is 6.29. The van der Waals surface area contributed by atoms with E-state index in [4.69, 9.17) is 11.0 Å². The van der Waals surface area contributed by atoms with Crippen LogP contribution in [-0.4, -0.2) is 18.3 Å². The third kappa shape index (κ3) is 6.68. The first-order valence-corrected chi connectivity index (χ1v) is 7.18. The molecular weight excluding hydrogens is 223 g/mol. The molecule has 0 spiro atoms. The molecule has 0 saturated heterocycles. The Kier molecular flexibility index (Phi) is 6.09. The van der Waals surface area contributed by atoms with E-state index in [1.165, 1.54) is 0 Å². The van der Waals surface area contributed by atoms with Crippen LogP contribution >= 0.6 is 0 Å². The maximum atomic E-state index is 12.0. The van der Waals surface area contributed by atoms with Crippen LogP contribution in [0.15, 0.2) is 0 Å². The van der Waals surface area contributed by atoms with Crippen molar-refractivity contribution in [1.82, 2.24) is 0 Å². The fraction of sp³-hybridized carbons (Fsp3) is 1.00. The molecule has 87 valence electrons. The molecule has 0 aromatic carbocycles. The zero-order valence-corrected chi connectivity index (χ0v) is 11.2. The maximum absolute atomic E-state index is 12.0. The van der Waals surface area contributed by atoms with Crippen LogP contribution in [0.25, 0.3) is 0 Å².